The lowest BCUT2D eigenvalue weighted by molar-refractivity contribution is 0.413. The fourth-order valence-corrected chi connectivity index (χ4v) is 0.940. The standard InChI is InChI=1S/C10H9NO/c1-3-8-4-5-10(12-2)9(6-8)7-11/h3-6H,1H2,2H3. The van der Waals surface area contributed by atoms with E-state index in [4.69, 9.17) is 10.00 Å². The summed E-state index contributed by atoms with van der Waals surface area (Å²) in [7, 11) is 1.55. The summed E-state index contributed by atoms with van der Waals surface area (Å²) in [5.41, 5.74) is 1.46. The van der Waals surface area contributed by atoms with Crippen LogP contribution in [0.2, 0.25) is 0 Å². The first-order valence-corrected chi connectivity index (χ1v) is 3.52. The molecule has 2 nitrogen and oxygen atoms in total. The molecule has 0 saturated heterocycles. The second kappa shape index (κ2) is 3.59. The van der Waals surface area contributed by atoms with Crippen LogP contribution in [0, 0.1) is 11.3 Å². The lowest BCUT2D eigenvalue weighted by atomic mass is 10.1. The number of hydrogen-bond donors (Lipinski definition) is 0. The molecule has 0 heterocycles. The Hall–Kier alpha value is -1.75. The molecule has 1 rings (SSSR count). The first kappa shape index (κ1) is 8.35. The summed E-state index contributed by atoms with van der Waals surface area (Å²) >= 11 is 0. The summed E-state index contributed by atoms with van der Waals surface area (Å²) in [5.74, 6) is 0.600. The molecule has 0 aromatic heterocycles. The molecule has 0 saturated carbocycles. The van der Waals surface area contributed by atoms with Crippen molar-refractivity contribution in [1.29, 1.82) is 5.26 Å². The van der Waals surface area contributed by atoms with Crippen molar-refractivity contribution >= 4 is 6.08 Å². The normalized spacial score (nSPS) is 8.67. The van der Waals surface area contributed by atoms with Gasteiger partial charge in [-0.15, -0.1) is 0 Å². The van der Waals surface area contributed by atoms with E-state index >= 15 is 0 Å². The van der Waals surface area contributed by atoms with Crippen LogP contribution in [0.15, 0.2) is 24.8 Å². The van der Waals surface area contributed by atoms with Crippen molar-refractivity contribution < 1.29 is 4.74 Å². The predicted molar refractivity (Wildman–Crippen MR) is 47.8 cm³/mol. The summed E-state index contributed by atoms with van der Waals surface area (Å²) in [6, 6.07) is 7.40. The van der Waals surface area contributed by atoms with Gasteiger partial charge in [0.2, 0.25) is 0 Å². The Labute approximate surface area is 71.7 Å². The smallest absolute Gasteiger partial charge is 0.136 e. The quantitative estimate of drug-likeness (QED) is 0.662. The minimum atomic E-state index is 0.537. The lowest BCUT2D eigenvalue weighted by Crippen LogP contribution is -1.87. The first-order valence-electron chi connectivity index (χ1n) is 3.52. The highest BCUT2D eigenvalue weighted by Gasteiger charge is 2.00. The van der Waals surface area contributed by atoms with Crippen molar-refractivity contribution in [3.8, 4) is 11.8 Å². The topological polar surface area (TPSA) is 33.0 Å². The Morgan fingerprint density at radius 2 is 2.33 bits per heavy atom. The van der Waals surface area contributed by atoms with Gasteiger partial charge in [0.05, 0.1) is 12.7 Å². The SMILES string of the molecule is C=Cc1ccc(OC)c(C#N)c1. The number of methoxy groups -OCH3 is 1. The van der Waals surface area contributed by atoms with Crippen molar-refractivity contribution in [3.05, 3.63) is 35.9 Å². The van der Waals surface area contributed by atoms with Gasteiger partial charge in [-0.05, 0) is 17.7 Å². The molecule has 0 radical (unpaired) electrons. The van der Waals surface area contributed by atoms with Crippen molar-refractivity contribution in [2.24, 2.45) is 0 Å². The Morgan fingerprint density at radius 1 is 1.58 bits per heavy atom. The van der Waals surface area contributed by atoms with Crippen molar-refractivity contribution in [1.82, 2.24) is 0 Å². The predicted octanol–water partition coefficient (Wildman–Crippen LogP) is 2.21. The van der Waals surface area contributed by atoms with E-state index in [2.05, 4.69) is 6.58 Å². The Bertz CT molecular complexity index is 336. The summed E-state index contributed by atoms with van der Waals surface area (Å²) in [6.45, 7) is 3.61. The van der Waals surface area contributed by atoms with E-state index in [1.165, 1.54) is 0 Å². The second-order valence-electron chi connectivity index (χ2n) is 2.28. The highest BCUT2D eigenvalue weighted by molar-refractivity contribution is 5.55. The summed E-state index contributed by atoms with van der Waals surface area (Å²) < 4.78 is 4.98. The molecular formula is C10H9NO. The van der Waals surface area contributed by atoms with Crippen LogP contribution in [-0.4, -0.2) is 7.11 Å². The van der Waals surface area contributed by atoms with Crippen molar-refractivity contribution in [2.75, 3.05) is 7.11 Å². The maximum Gasteiger partial charge on any atom is 0.136 e. The number of benzene rings is 1. The largest absolute Gasteiger partial charge is 0.495 e. The van der Waals surface area contributed by atoms with Crippen LogP contribution in [0.3, 0.4) is 0 Å². The molecule has 0 aliphatic rings. The minimum Gasteiger partial charge on any atom is -0.495 e. The average molecular weight is 159 g/mol. The van der Waals surface area contributed by atoms with E-state index in [-0.39, 0.29) is 0 Å². The molecule has 1 aromatic carbocycles. The van der Waals surface area contributed by atoms with Gasteiger partial charge in [-0.3, -0.25) is 0 Å². The molecule has 0 spiro atoms. The Morgan fingerprint density at radius 3 is 2.83 bits per heavy atom. The Kier molecular flexibility index (Phi) is 2.49. The summed E-state index contributed by atoms with van der Waals surface area (Å²) in [5, 5.41) is 8.71. The monoisotopic (exact) mass is 159 g/mol. The van der Waals surface area contributed by atoms with Gasteiger partial charge in [0.25, 0.3) is 0 Å². The van der Waals surface area contributed by atoms with Crippen LogP contribution in [-0.2, 0) is 0 Å². The maximum absolute atomic E-state index is 8.71. The van der Waals surface area contributed by atoms with Crippen LogP contribution in [0.25, 0.3) is 6.08 Å². The Balaban J connectivity index is 3.21. The van der Waals surface area contributed by atoms with Crippen LogP contribution in [0.5, 0.6) is 5.75 Å². The maximum atomic E-state index is 8.71. The minimum absolute atomic E-state index is 0.537. The van der Waals surface area contributed by atoms with Gasteiger partial charge in [0.1, 0.15) is 11.8 Å². The molecule has 0 aliphatic carbocycles. The number of nitrogens with zero attached hydrogens (tertiary/aromatic N) is 1. The van der Waals surface area contributed by atoms with Crippen LogP contribution in [0.4, 0.5) is 0 Å². The van der Waals surface area contributed by atoms with Gasteiger partial charge in [0.15, 0.2) is 0 Å². The number of nitriles is 1. The van der Waals surface area contributed by atoms with E-state index in [0.717, 1.165) is 5.56 Å². The highest BCUT2D eigenvalue weighted by Crippen LogP contribution is 2.18. The molecule has 0 bridgehead atoms. The highest BCUT2D eigenvalue weighted by atomic mass is 16.5. The molecule has 0 unspecified atom stereocenters. The van der Waals surface area contributed by atoms with E-state index in [1.54, 1.807) is 25.3 Å². The van der Waals surface area contributed by atoms with Crippen molar-refractivity contribution in [2.45, 2.75) is 0 Å². The molecule has 0 N–H and O–H groups in total. The zero-order valence-corrected chi connectivity index (χ0v) is 6.87. The lowest BCUT2D eigenvalue weighted by Gasteiger charge is -2.01. The zero-order chi connectivity index (χ0) is 8.97. The van der Waals surface area contributed by atoms with Gasteiger partial charge in [-0.25, -0.2) is 0 Å². The van der Waals surface area contributed by atoms with E-state index < -0.39 is 0 Å². The number of hydrogen-bond acceptors (Lipinski definition) is 2. The summed E-state index contributed by atoms with van der Waals surface area (Å²) in [6.07, 6.45) is 1.69. The molecule has 1 aromatic rings. The van der Waals surface area contributed by atoms with Gasteiger partial charge < -0.3 is 4.74 Å². The van der Waals surface area contributed by atoms with Crippen LogP contribution in [0.1, 0.15) is 11.1 Å². The zero-order valence-electron chi connectivity index (χ0n) is 6.87. The fraction of sp³-hybridized carbons (Fsp3) is 0.100. The third-order valence-electron chi connectivity index (χ3n) is 1.58. The fourth-order valence-electron chi connectivity index (χ4n) is 0.940. The van der Waals surface area contributed by atoms with Gasteiger partial charge in [0, 0.05) is 0 Å². The molecule has 0 amide bonds. The molecule has 60 valence electrons. The number of rotatable bonds is 2. The van der Waals surface area contributed by atoms with Crippen LogP contribution >= 0.6 is 0 Å². The van der Waals surface area contributed by atoms with E-state index in [9.17, 15) is 0 Å². The van der Waals surface area contributed by atoms with Gasteiger partial charge in [-0.2, -0.15) is 5.26 Å². The summed E-state index contributed by atoms with van der Waals surface area (Å²) in [4.78, 5) is 0. The number of ether oxygens (including phenoxy) is 1. The molecule has 0 atom stereocenters. The third-order valence-corrected chi connectivity index (χ3v) is 1.58. The molecule has 12 heavy (non-hydrogen) atoms. The molecule has 0 fully saturated rings. The van der Waals surface area contributed by atoms with E-state index in [1.807, 2.05) is 12.1 Å². The van der Waals surface area contributed by atoms with Crippen molar-refractivity contribution in [3.63, 3.8) is 0 Å². The first-order chi connectivity index (χ1) is 5.81. The molecular weight excluding hydrogens is 150 g/mol. The van der Waals surface area contributed by atoms with Gasteiger partial charge in [-0.1, -0.05) is 18.7 Å². The third kappa shape index (κ3) is 1.46. The van der Waals surface area contributed by atoms with Gasteiger partial charge >= 0.3 is 0 Å². The molecule has 0 aliphatic heterocycles. The second-order valence-corrected chi connectivity index (χ2v) is 2.28. The van der Waals surface area contributed by atoms with Crippen LogP contribution < -0.4 is 4.74 Å². The van der Waals surface area contributed by atoms with E-state index in [0.29, 0.717) is 11.3 Å². The average Bonchev–Trinajstić information content (AvgIpc) is 2.16. The molecule has 2 heteroatoms.